The lowest BCUT2D eigenvalue weighted by molar-refractivity contribution is 0.849. The van der Waals surface area contributed by atoms with Crippen LogP contribution in [0.5, 0.6) is 0 Å². The van der Waals surface area contributed by atoms with Gasteiger partial charge < -0.3 is 4.98 Å². The van der Waals surface area contributed by atoms with Gasteiger partial charge in [0, 0.05) is 10.7 Å². The first kappa shape index (κ1) is 17.1. The van der Waals surface area contributed by atoms with Crippen molar-refractivity contribution in [1.29, 1.82) is 0 Å². The van der Waals surface area contributed by atoms with Crippen molar-refractivity contribution >= 4 is 29.0 Å². The van der Waals surface area contributed by atoms with Gasteiger partial charge in [0.25, 0.3) is 0 Å². The summed E-state index contributed by atoms with van der Waals surface area (Å²) < 4.78 is 1.88. The van der Waals surface area contributed by atoms with Crippen LogP contribution in [0, 0.1) is 13.8 Å². The number of H-pyrrole nitrogens is 1. The van der Waals surface area contributed by atoms with Gasteiger partial charge in [0.05, 0.1) is 17.1 Å². The number of halogens is 1. The smallest absolute Gasteiger partial charge is 0.210 e. The number of aryl methyl sites for hydroxylation is 2. The standard InChI is InChI=1S/C19H18ClN5S/c1-11-8-12(2)25-17(9-11)23-19(24-25)26-13(3)18-21-10-16(22-18)14-4-6-15(20)7-5-14/h4-10,13H,1-3H3,(H,21,22). The molecule has 0 radical (unpaired) electrons. The van der Waals surface area contributed by atoms with E-state index >= 15 is 0 Å². The molecule has 26 heavy (non-hydrogen) atoms. The van der Waals surface area contributed by atoms with Gasteiger partial charge in [-0.1, -0.05) is 35.5 Å². The Balaban J connectivity index is 1.56. The number of nitrogens with one attached hydrogen (secondary N) is 1. The SMILES string of the molecule is Cc1cc(C)n2nc(SC(C)c3ncc(-c4ccc(Cl)cc4)[nH]3)nc2c1. The largest absolute Gasteiger partial charge is 0.341 e. The fourth-order valence-corrected chi connectivity index (χ4v) is 3.83. The highest BCUT2D eigenvalue weighted by Gasteiger charge is 2.16. The van der Waals surface area contributed by atoms with Crippen molar-refractivity contribution in [2.75, 3.05) is 0 Å². The van der Waals surface area contributed by atoms with E-state index in [0.717, 1.165) is 38.6 Å². The number of aromatic amines is 1. The summed E-state index contributed by atoms with van der Waals surface area (Å²) in [6.45, 7) is 6.20. The van der Waals surface area contributed by atoms with E-state index in [1.807, 2.05) is 48.0 Å². The molecule has 5 nitrogen and oxygen atoms in total. The zero-order valence-corrected chi connectivity index (χ0v) is 16.3. The number of hydrogen-bond acceptors (Lipinski definition) is 4. The summed E-state index contributed by atoms with van der Waals surface area (Å²) in [5.41, 5.74) is 5.17. The highest BCUT2D eigenvalue weighted by atomic mass is 35.5. The second kappa shape index (κ2) is 6.78. The Labute approximate surface area is 160 Å². The Kier molecular flexibility index (Phi) is 4.46. The zero-order valence-electron chi connectivity index (χ0n) is 14.7. The topological polar surface area (TPSA) is 58.9 Å². The van der Waals surface area contributed by atoms with E-state index in [-0.39, 0.29) is 5.25 Å². The lowest BCUT2D eigenvalue weighted by atomic mass is 10.2. The number of pyridine rings is 1. The quantitative estimate of drug-likeness (QED) is 0.489. The monoisotopic (exact) mass is 383 g/mol. The highest BCUT2D eigenvalue weighted by molar-refractivity contribution is 7.99. The third-order valence-corrected chi connectivity index (χ3v) is 5.37. The van der Waals surface area contributed by atoms with Crippen LogP contribution in [0.3, 0.4) is 0 Å². The third-order valence-electron chi connectivity index (χ3n) is 4.16. The summed E-state index contributed by atoms with van der Waals surface area (Å²) in [7, 11) is 0. The molecule has 0 aliphatic rings. The average Bonchev–Trinajstić information content (AvgIpc) is 3.22. The molecule has 0 spiro atoms. The van der Waals surface area contributed by atoms with Gasteiger partial charge in [-0.15, -0.1) is 5.10 Å². The van der Waals surface area contributed by atoms with Crippen LogP contribution in [-0.2, 0) is 0 Å². The molecule has 4 aromatic rings. The number of hydrogen-bond donors (Lipinski definition) is 1. The number of benzene rings is 1. The number of nitrogens with zero attached hydrogens (tertiary/aromatic N) is 4. The van der Waals surface area contributed by atoms with E-state index in [1.54, 1.807) is 11.8 Å². The van der Waals surface area contributed by atoms with E-state index in [1.165, 1.54) is 5.56 Å². The maximum absolute atomic E-state index is 5.95. The predicted molar refractivity (Wildman–Crippen MR) is 106 cm³/mol. The number of imidazole rings is 1. The Bertz CT molecular complexity index is 1070. The molecule has 0 saturated heterocycles. The predicted octanol–water partition coefficient (Wildman–Crippen LogP) is 5.24. The first-order valence-electron chi connectivity index (χ1n) is 8.31. The maximum Gasteiger partial charge on any atom is 0.210 e. The van der Waals surface area contributed by atoms with E-state index < -0.39 is 0 Å². The normalized spacial score (nSPS) is 12.6. The maximum atomic E-state index is 5.95. The summed E-state index contributed by atoms with van der Waals surface area (Å²) in [6, 6.07) is 11.9. The van der Waals surface area contributed by atoms with Crippen molar-refractivity contribution in [3.05, 3.63) is 64.7 Å². The van der Waals surface area contributed by atoms with Crippen LogP contribution >= 0.6 is 23.4 Å². The van der Waals surface area contributed by atoms with Crippen LogP contribution in [-0.4, -0.2) is 24.6 Å². The van der Waals surface area contributed by atoms with Crippen LogP contribution in [0.4, 0.5) is 0 Å². The van der Waals surface area contributed by atoms with Crippen molar-refractivity contribution in [2.24, 2.45) is 0 Å². The Morgan fingerprint density at radius 3 is 2.69 bits per heavy atom. The number of thioether (sulfide) groups is 1. The molecule has 0 amide bonds. The summed E-state index contributed by atoms with van der Waals surface area (Å²) in [6.07, 6.45) is 1.85. The van der Waals surface area contributed by atoms with Crippen LogP contribution < -0.4 is 0 Å². The molecule has 3 heterocycles. The van der Waals surface area contributed by atoms with E-state index in [0.29, 0.717) is 0 Å². The molecule has 0 fully saturated rings. The molecule has 7 heteroatoms. The van der Waals surface area contributed by atoms with E-state index in [2.05, 4.69) is 40.0 Å². The molecule has 1 N–H and O–H groups in total. The van der Waals surface area contributed by atoms with Crippen molar-refractivity contribution in [2.45, 2.75) is 31.2 Å². The Morgan fingerprint density at radius 1 is 1.15 bits per heavy atom. The molecule has 0 aliphatic heterocycles. The summed E-state index contributed by atoms with van der Waals surface area (Å²) in [5, 5.41) is 6.18. The third kappa shape index (κ3) is 3.34. The minimum atomic E-state index is 0.106. The molecule has 3 aromatic heterocycles. The van der Waals surface area contributed by atoms with Crippen LogP contribution in [0.2, 0.25) is 5.02 Å². The zero-order chi connectivity index (χ0) is 18.3. The van der Waals surface area contributed by atoms with E-state index in [9.17, 15) is 0 Å². The number of fused-ring (bicyclic) bond motifs is 1. The minimum Gasteiger partial charge on any atom is -0.341 e. The fraction of sp³-hybridized carbons (Fsp3) is 0.211. The van der Waals surface area contributed by atoms with Gasteiger partial charge in [-0.25, -0.2) is 14.5 Å². The molecule has 0 bridgehead atoms. The van der Waals surface area contributed by atoms with Crippen molar-refractivity contribution < 1.29 is 0 Å². The van der Waals surface area contributed by atoms with Crippen molar-refractivity contribution in [3.8, 4) is 11.3 Å². The van der Waals surface area contributed by atoms with Gasteiger partial charge in [-0.3, -0.25) is 0 Å². The summed E-state index contributed by atoms with van der Waals surface area (Å²) >= 11 is 7.54. The number of rotatable bonds is 4. The second-order valence-electron chi connectivity index (χ2n) is 6.29. The molecule has 132 valence electrons. The molecule has 4 rings (SSSR count). The van der Waals surface area contributed by atoms with Crippen LogP contribution in [0.25, 0.3) is 16.9 Å². The van der Waals surface area contributed by atoms with Crippen molar-refractivity contribution in [3.63, 3.8) is 0 Å². The van der Waals surface area contributed by atoms with Gasteiger partial charge in [0.1, 0.15) is 5.82 Å². The molecular weight excluding hydrogens is 366 g/mol. The van der Waals surface area contributed by atoms with Gasteiger partial charge in [-0.05, 0) is 56.2 Å². The van der Waals surface area contributed by atoms with Crippen molar-refractivity contribution in [1.82, 2.24) is 24.6 Å². The average molecular weight is 384 g/mol. The van der Waals surface area contributed by atoms with Crippen LogP contribution in [0.15, 0.2) is 47.8 Å². The lowest BCUT2D eigenvalue weighted by Crippen LogP contribution is -1.95. The first-order valence-corrected chi connectivity index (χ1v) is 9.57. The van der Waals surface area contributed by atoms with Gasteiger partial charge in [0.2, 0.25) is 5.16 Å². The molecule has 1 unspecified atom stereocenters. The first-order chi connectivity index (χ1) is 12.5. The Hall–Kier alpha value is -2.31. The summed E-state index contributed by atoms with van der Waals surface area (Å²) in [5.74, 6) is 0.895. The molecule has 0 saturated carbocycles. The molecule has 1 aromatic carbocycles. The highest BCUT2D eigenvalue weighted by Crippen LogP contribution is 2.32. The van der Waals surface area contributed by atoms with Crippen LogP contribution in [0.1, 0.15) is 29.3 Å². The Morgan fingerprint density at radius 2 is 1.92 bits per heavy atom. The molecular formula is C19H18ClN5S. The number of aromatic nitrogens is 5. The second-order valence-corrected chi connectivity index (χ2v) is 8.03. The fourth-order valence-electron chi connectivity index (χ4n) is 2.88. The summed E-state index contributed by atoms with van der Waals surface area (Å²) in [4.78, 5) is 12.5. The van der Waals surface area contributed by atoms with Gasteiger partial charge in [0.15, 0.2) is 5.65 Å². The van der Waals surface area contributed by atoms with E-state index in [4.69, 9.17) is 11.6 Å². The minimum absolute atomic E-state index is 0.106. The van der Waals surface area contributed by atoms with Gasteiger partial charge in [-0.2, -0.15) is 0 Å². The molecule has 0 aliphatic carbocycles. The molecule has 1 atom stereocenters. The lowest BCUT2D eigenvalue weighted by Gasteiger charge is -2.04. The van der Waals surface area contributed by atoms with Gasteiger partial charge >= 0.3 is 0 Å².